The van der Waals surface area contributed by atoms with E-state index in [0.29, 0.717) is 17.5 Å². The fourth-order valence-corrected chi connectivity index (χ4v) is 4.02. The third kappa shape index (κ3) is 7.10. The smallest absolute Gasteiger partial charge is 0.226 e. The van der Waals surface area contributed by atoms with Gasteiger partial charge in [0.25, 0.3) is 0 Å². The molecule has 0 unspecified atom stereocenters. The summed E-state index contributed by atoms with van der Waals surface area (Å²) in [6.07, 6.45) is 9.86. The van der Waals surface area contributed by atoms with Crippen LogP contribution in [0.2, 0.25) is 0 Å². The lowest BCUT2D eigenvalue weighted by molar-refractivity contribution is -0.116. The molecule has 160 valence electrons. The van der Waals surface area contributed by atoms with E-state index < -0.39 is 0 Å². The Kier molecular flexibility index (Phi) is 8.20. The number of aryl methyl sites for hydroxylation is 4. The molecule has 2 heterocycles. The van der Waals surface area contributed by atoms with Crippen LogP contribution < -0.4 is 5.32 Å². The minimum Gasteiger partial charge on any atom is -0.445 e. The number of benzene rings is 1. The average Bonchev–Trinajstić information content (AvgIpc) is 3.36. The Hall–Kier alpha value is -2.47. The molecule has 2 aromatic heterocycles. The Morgan fingerprint density at radius 1 is 1.03 bits per heavy atom. The number of oxazole rings is 1. The molecule has 30 heavy (non-hydrogen) atoms. The quantitative estimate of drug-likeness (QED) is 0.377. The maximum Gasteiger partial charge on any atom is 0.226 e. The van der Waals surface area contributed by atoms with E-state index in [9.17, 15) is 4.79 Å². The summed E-state index contributed by atoms with van der Waals surface area (Å²) in [7, 11) is 0. The van der Waals surface area contributed by atoms with Crippen LogP contribution in [0, 0.1) is 6.92 Å². The molecule has 0 radical (unpaired) electrons. The highest BCUT2D eigenvalue weighted by atomic mass is 32.1. The monoisotopic (exact) mass is 425 g/mol. The van der Waals surface area contributed by atoms with Gasteiger partial charge in [-0.25, -0.2) is 9.97 Å². The molecule has 0 saturated carbocycles. The van der Waals surface area contributed by atoms with Gasteiger partial charge in [-0.05, 0) is 44.6 Å². The van der Waals surface area contributed by atoms with Crippen molar-refractivity contribution in [3.05, 3.63) is 64.3 Å². The highest BCUT2D eigenvalue weighted by Crippen LogP contribution is 2.21. The van der Waals surface area contributed by atoms with Gasteiger partial charge in [-0.1, -0.05) is 43.7 Å². The second-order valence-electron chi connectivity index (χ2n) is 8.04. The summed E-state index contributed by atoms with van der Waals surface area (Å²) in [4.78, 5) is 22.1. The molecule has 0 spiro atoms. The maximum atomic E-state index is 12.2. The van der Waals surface area contributed by atoms with Gasteiger partial charge in [-0.3, -0.25) is 4.79 Å². The number of aromatic nitrogens is 2. The first-order chi connectivity index (χ1) is 14.5. The number of thiazole rings is 1. The normalized spacial score (nSPS) is 11.2. The zero-order valence-corrected chi connectivity index (χ0v) is 18.9. The minimum atomic E-state index is 0.0351. The van der Waals surface area contributed by atoms with E-state index in [2.05, 4.69) is 60.3 Å². The number of carbonyl (C=O) groups excluding carboxylic acids is 1. The second kappa shape index (κ2) is 11.1. The molecule has 0 fully saturated rings. The number of hydrogen-bond donors (Lipinski definition) is 1. The van der Waals surface area contributed by atoms with E-state index in [1.807, 2.05) is 12.4 Å². The number of nitrogens with one attached hydrogen (secondary N) is 1. The van der Waals surface area contributed by atoms with E-state index in [0.717, 1.165) is 50.2 Å². The summed E-state index contributed by atoms with van der Waals surface area (Å²) in [5.41, 5.74) is 2.53. The van der Waals surface area contributed by atoms with Crippen molar-refractivity contribution >= 4 is 22.4 Å². The van der Waals surface area contributed by atoms with Crippen molar-refractivity contribution in [2.45, 2.75) is 71.6 Å². The van der Waals surface area contributed by atoms with Crippen molar-refractivity contribution in [2.24, 2.45) is 0 Å². The lowest BCUT2D eigenvalue weighted by atomic mass is 10.1. The number of rotatable bonds is 11. The fraction of sp³-hybridized carbons (Fsp3) is 0.458. The minimum absolute atomic E-state index is 0.0351. The zero-order valence-electron chi connectivity index (χ0n) is 18.1. The van der Waals surface area contributed by atoms with Gasteiger partial charge in [0.1, 0.15) is 5.76 Å². The molecule has 0 atom stereocenters. The number of carbonyl (C=O) groups is 1. The summed E-state index contributed by atoms with van der Waals surface area (Å²) < 4.78 is 5.74. The fourth-order valence-electron chi connectivity index (χ4n) is 3.15. The van der Waals surface area contributed by atoms with Gasteiger partial charge in [0.05, 0.1) is 6.20 Å². The highest BCUT2D eigenvalue weighted by Gasteiger charge is 2.09. The van der Waals surface area contributed by atoms with Gasteiger partial charge in [0.2, 0.25) is 5.91 Å². The predicted octanol–water partition coefficient (Wildman–Crippen LogP) is 6.09. The van der Waals surface area contributed by atoms with Gasteiger partial charge in [0.15, 0.2) is 11.0 Å². The SMILES string of the molecule is Cc1ccc(CCCC(=O)Nc2ncc(CCCCc3ncc(C(C)C)o3)s2)cc1. The molecule has 6 heteroatoms. The predicted molar refractivity (Wildman–Crippen MR) is 122 cm³/mol. The van der Waals surface area contributed by atoms with Crippen molar-refractivity contribution in [2.75, 3.05) is 5.32 Å². The van der Waals surface area contributed by atoms with Crippen LogP contribution in [0.1, 0.15) is 73.1 Å². The van der Waals surface area contributed by atoms with Gasteiger partial charge in [-0.2, -0.15) is 0 Å². The first kappa shape index (κ1) is 22.2. The Labute approximate surface area is 183 Å². The lowest BCUT2D eigenvalue weighted by Crippen LogP contribution is -2.11. The van der Waals surface area contributed by atoms with Crippen molar-refractivity contribution in [1.82, 2.24) is 9.97 Å². The summed E-state index contributed by atoms with van der Waals surface area (Å²) in [6.45, 7) is 6.29. The van der Waals surface area contributed by atoms with Crippen LogP contribution in [0.5, 0.6) is 0 Å². The number of nitrogens with zero attached hydrogens (tertiary/aromatic N) is 2. The van der Waals surface area contributed by atoms with E-state index in [1.54, 1.807) is 11.3 Å². The Morgan fingerprint density at radius 3 is 2.53 bits per heavy atom. The Bertz CT molecular complexity index is 928. The standard InChI is InChI=1S/C24H31N3O2S/c1-17(2)21-16-25-23(29-21)10-5-4-8-20-15-26-24(30-20)27-22(28)9-6-7-19-13-11-18(3)12-14-19/h11-17H,4-10H2,1-3H3,(H,26,27,28). The summed E-state index contributed by atoms with van der Waals surface area (Å²) in [5, 5.41) is 3.62. The largest absolute Gasteiger partial charge is 0.445 e. The lowest BCUT2D eigenvalue weighted by Gasteiger charge is -2.03. The molecular weight excluding hydrogens is 394 g/mol. The third-order valence-electron chi connectivity index (χ3n) is 4.99. The number of hydrogen-bond acceptors (Lipinski definition) is 5. The average molecular weight is 426 g/mol. The molecule has 3 aromatic rings. The van der Waals surface area contributed by atoms with Gasteiger partial charge < -0.3 is 9.73 Å². The molecule has 0 aliphatic carbocycles. The third-order valence-corrected chi connectivity index (χ3v) is 5.97. The van der Waals surface area contributed by atoms with Crippen LogP contribution in [0.4, 0.5) is 5.13 Å². The van der Waals surface area contributed by atoms with Gasteiger partial charge in [0, 0.05) is 29.8 Å². The molecular formula is C24H31N3O2S. The van der Waals surface area contributed by atoms with Crippen LogP contribution >= 0.6 is 11.3 Å². The molecule has 5 nitrogen and oxygen atoms in total. The summed E-state index contributed by atoms with van der Waals surface area (Å²) in [6, 6.07) is 8.48. The first-order valence-electron chi connectivity index (χ1n) is 10.7. The van der Waals surface area contributed by atoms with E-state index in [-0.39, 0.29) is 5.91 Å². The highest BCUT2D eigenvalue weighted by molar-refractivity contribution is 7.15. The molecule has 3 rings (SSSR count). The Balaban J connectivity index is 1.32. The zero-order chi connectivity index (χ0) is 21.3. The number of unbranched alkanes of at least 4 members (excludes halogenated alkanes) is 1. The molecule has 0 bridgehead atoms. The molecule has 0 aliphatic rings. The second-order valence-corrected chi connectivity index (χ2v) is 9.15. The van der Waals surface area contributed by atoms with E-state index >= 15 is 0 Å². The molecule has 1 aromatic carbocycles. The molecule has 1 N–H and O–H groups in total. The van der Waals surface area contributed by atoms with Crippen molar-refractivity contribution in [1.29, 1.82) is 0 Å². The Morgan fingerprint density at radius 2 is 1.80 bits per heavy atom. The van der Waals surface area contributed by atoms with Crippen molar-refractivity contribution < 1.29 is 9.21 Å². The molecule has 0 aliphatic heterocycles. The van der Waals surface area contributed by atoms with Crippen molar-refractivity contribution in [3.8, 4) is 0 Å². The van der Waals surface area contributed by atoms with Crippen molar-refractivity contribution in [3.63, 3.8) is 0 Å². The van der Waals surface area contributed by atoms with Crippen LogP contribution in [-0.2, 0) is 24.1 Å². The van der Waals surface area contributed by atoms with Crippen LogP contribution in [0.15, 0.2) is 41.1 Å². The number of anilines is 1. The van der Waals surface area contributed by atoms with Gasteiger partial charge >= 0.3 is 0 Å². The van der Waals surface area contributed by atoms with Crippen LogP contribution in [-0.4, -0.2) is 15.9 Å². The molecule has 0 saturated heterocycles. The van der Waals surface area contributed by atoms with E-state index in [4.69, 9.17) is 4.42 Å². The maximum absolute atomic E-state index is 12.2. The van der Waals surface area contributed by atoms with Gasteiger partial charge in [-0.15, -0.1) is 11.3 Å². The van der Waals surface area contributed by atoms with E-state index in [1.165, 1.54) is 16.0 Å². The topological polar surface area (TPSA) is 68.0 Å². The molecule has 1 amide bonds. The first-order valence-corrected chi connectivity index (χ1v) is 11.6. The van der Waals surface area contributed by atoms with Crippen LogP contribution in [0.25, 0.3) is 0 Å². The summed E-state index contributed by atoms with van der Waals surface area (Å²) >= 11 is 1.56. The summed E-state index contributed by atoms with van der Waals surface area (Å²) in [5.74, 6) is 2.18. The van der Waals surface area contributed by atoms with Crippen LogP contribution in [0.3, 0.4) is 0 Å². The number of amides is 1.